The number of alkyl carbamates (subject to hydrolysis) is 1. The van der Waals surface area contributed by atoms with Gasteiger partial charge in [-0.3, -0.25) is 0 Å². The van der Waals surface area contributed by atoms with Gasteiger partial charge in [-0.2, -0.15) is 0 Å². The molecule has 1 atom stereocenters. The number of nitrogens with one attached hydrogen (secondary N) is 1. The van der Waals surface area contributed by atoms with Crippen molar-refractivity contribution in [3.05, 3.63) is 17.4 Å². The van der Waals surface area contributed by atoms with Crippen molar-refractivity contribution in [3.63, 3.8) is 0 Å². The molecule has 2 rings (SSSR count). The number of hydrogen-bond acceptors (Lipinski definition) is 5. The summed E-state index contributed by atoms with van der Waals surface area (Å²) < 4.78 is 5.28. The second kappa shape index (κ2) is 6.47. The van der Waals surface area contributed by atoms with Gasteiger partial charge in [0.1, 0.15) is 10.8 Å². The number of aromatic nitrogens is 2. The highest BCUT2D eigenvalue weighted by molar-refractivity contribution is 6.29. The Hall–Kier alpha value is -1.56. The van der Waals surface area contributed by atoms with E-state index in [4.69, 9.17) is 16.3 Å². The summed E-state index contributed by atoms with van der Waals surface area (Å²) in [6, 6.07) is 1.67. The number of hydrogen-bond donors (Lipinski definition) is 1. The average molecular weight is 313 g/mol. The van der Waals surface area contributed by atoms with Crippen LogP contribution in [0, 0.1) is 0 Å². The van der Waals surface area contributed by atoms with Crippen LogP contribution in [0.3, 0.4) is 0 Å². The molecule has 0 radical (unpaired) electrons. The van der Waals surface area contributed by atoms with Crippen LogP contribution >= 0.6 is 11.6 Å². The second-order valence-electron chi connectivity index (χ2n) is 6.11. The second-order valence-corrected chi connectivity index (χ2v) is 6.50. The Balaban J connectivity index is 1.93. The van der Waals surface area contributed by atoms with E-state index in [9.17, 15) is 4.79 Å². The zero-order valence-corrected chi connectivity index (χ0v) is 13.4. The molecule has 1 fully saturated rings. The van der Waals surface area contributed by atoms with Crippen LogP contribution in [0.4, 0.5) is 10.7 Å². The smallest absolute Gasteiger partial charge is 0.407 e. The molecule has 21 heavy (non-hydrogen) atoms. The first-order valence-corrected chi connectivity index (χ1v) is 7.44. The van der Waals surface area contributed by atoms with Gasteiger partial charge in [-0.05, 0) is 39.7 Å². The summed E-state index contributed by atoms with van der Waals surface area (Å²) in [5, 5.41) is 3.32. The van der Waals surface area contributed by atoms with Gasteiger partial charge in [0.25, 0.3) is 0 Å². The SMILES string of the molecule is CC(C)(C)OC(=O)N[C@@H]1CCCN(c2nccc(Cl)n2)C1. The van der Waals surface area contributed by atoms with Gasteiger partial charge in [-0.15, -0.1) is 0 Å². The van der Waals surface area contributed by atoms with Crippen molar-refractivity contribution >= 4 is 23.6 Å². The average Bonchev–Trinajstić information content (AvgIpc) is 2.36. The number of carbonyl (C=O) groups is 1. The molecule has 0 spiro atoms. The van der Waals surface area contributed by atoms with Crippen LogP contribution in [-0.2, 0) is 4.74 Å². The quantitative estimate of drug-likeness (QED) is 0.850. The Bertz CT molecular complexity index is 504. The first-order valence-electron chi connectivity index (χ1n) is 7.06. The van der Waals surface area contributed by atoms with E-state index in [1.165, 1.54) is 0 Å². The Morgan fingerprint density at radius 1 is 1.52 bits per heavy atom. The minimum Gasteiger partial charge on any atom is -0.444 e. The zero-order chi connectivity index (χ0) is 15.5. The van der Waals surface area contributed by atoms with E-state index in [0.717, 1.165) is 19.4 Å². The lowest BCUT2D eigenvalue weighted by Gasteiger charge is -2.33. The monoisotopic (exact) mass is 312 g/mol. The van der Waals surface area contributed by atoms with Crippen molar-refractivity contribution in [2.45, 2.75) is 45.3 Å². The molecule has 1 aromatic heterocycles. The molecule has 116 valence electrons. The van der Waals surface area contributed by atoms with Gasteiger partial charge in [0, 0.05) is 25.3 Å². The van der Waals surface area contributed by atoms with E-state index < -0.39 is 5.60 Å². The number of amides is 1. The Labute approximate surface area is 129 Å². The molecule has 0 aliphatic carbocycles. The summed E-state index contributed by atoms with van der Waals surface area (Å²) in [5.74, 6) is 0.596. The molecule has 6 nitrogen and oxygen atoms in total. The van der Waals surface area contributed by atoms with Crippen molar-refractivity contribution in [2.75, 3.05) is 18.0 Å². The molecule has 0 unspecified atom stereocenters. The Morgan fingerprint density at radius 2 is 2.29 bits per heavy atom. The topological polar surface area (TPSA) is 67.3 Å². The van der Waals surface area contributed by atoms with E-state index in [-0.39, 0.29) is 12.1 Å². The number of halogens is 1. The third kappa shape index (κ3) is 5.04. The van der Waals surface area contributed by atoms with Gasteiger partial charge in [-0.1, -0.05) is 11.6 Å². The molecule has 0 aromatic carbocycles. The van der Waals surface area contributed by atoms with Crippen LogP contribution in [0.5, 0.6) is 0 Å². The zero-order valence-electron chi connectivity index (χ0n) is 12.6. The van der Waals surface area contributed by atoms with Crippen LogP contribution in [-0.4, -0.2) is 40.8 Å². The van der Waals surface area contributed by atoms with Gasteiger partial charge in [0.05, 0.1) is 0 Å². The first-order chi connectivity index (χ1) is 9.83. The molecule has 0 saturated carbocycles. The predicted molar refractivity (Wildman–Crippen MR) is 81.6 cm³/mol. The Kier molecular flexibility index (Phi) is 4.88. The maximum atomic E-state index is 11.8. The van der Waals surface area contributed by atoms with Crippen LogP contribution in [0.2, 0.25) is 5.15 Å². The third-order valence-electron chi connectivity index (χ3n) is 3.03. The van der Waals surface area contributed by atoms with Crippen molar-refractivity contribution in [3.8, 4) is 0 Å². The molecule has 2 heterocycles. The van der Waals surface area contributed by atoms with Crippen LogP contribution in [0.25, 0.3) is 0 Å². The van der Waals surface area contributed by atoms with E-state index in [0.29, 0.717) is 17.6 Å². The largest absolute Gasteiger partial charge is 0.444 e. The summed E-state index contributed by atoms with van der Waals surface area (Å²) in [6.07, 6.45) is 3.11. The van der Waals surface area contributed by atoms with Gasteiger partial charge in [0.15, 0.2) is 0 Å². The summed E-state index contributed by atoms with van der Waals surface area (Å²) in [4.78, 5) is 22.3. The van der Waals surface area contributed by atoms with E-state index in [2.05, 4.69) is 15.3 Å². The lowest BCUT2D eigenvalue weighted by Crippen LogP contribution is -2.49. The molecular weight excluding hydrogens is 292 g/mol. The van der Waals surface area contributed by atoms with Gasteiger partial charge < -0.3 is 15.0 Å². The van der Waals surface area contributed by atoms with Crippen LogP contribution in [0.1, 0.15) is 33.6 Å². The number of ether oxygens (including phenoxy) is 1. The highest BCUT2D eigenvalue weighted by Gasteiger charge is 2.25. The predicted octanol–water partition coefficient (Wildman–Crippen LogP) is 2.62. The fourth-order valence-corrected chi connectivity index (χ4v) is 2.36. The molecule has 1 aliphatic rings. The highest BCUT2D eigenvalue weighted by Crippen LogP contribution is 2.18. The number of rotatable bonds is 2. The standard InChI is InChI=1S/C14H21ClN4O2/c1-14(2,3)21-13(20)17-10-5-4-8-19(9-10)12-16-7-6-11(15)18-12/h6-7,10H,4-5,8-9H2,1-3H3,(H,17,20)/t10-/m1/s1. The lowest BCUT2D eigenvalue weighted by atomic mass is 10.1. The van der Waals surface area contributed by atoms with Gasteiger partial charge >= 0.3 is 6.09 Å². The number of anilines is 1. The molecule has 1 N–H and O–H groups in total. The molecular formula is C14H21ClN4O2. The fraction of sp³-hybridized carbons (Fsp3) is 0.643. The summed E-state index contributed by atoms with van der Waals surface area (Å²) in [6.45, 7) is 7.05. The van der Waals surface area contributed by atoms with E-state index >= 15 is 0 Å². The van der Waals surface area contributed by atoms with Gasteiger partial charge in [0.2, 0.25) is 5.95 Å². The number of nitrogens with zero attached hydrogens (tertiary/aromatic N) is 3. The van der Waals surface area contributed by atoms with Crippen molar-refractivity contribution in [2.24, 2.45) is 0 Å². The molecule has 1 saturated heterocycles. The van der Waals surface area contributed by atoms with E-state index in [1.807, 2.05) is 25.7 Å². The molecule has 1 amide bonds. The van der Waals surface area contributed by atoms with E-state index in [1.54, 1.807) is 12.3 Å². The van der Waals surface area contributed by atoms with Crippen molar-refractivity contribution in [1.29, 1.82) is 0 Å². The highest BCUT2D eigenvalue weighted by atomic mass is 35.5. The van der Waals surface area contributed by atoms with Crippen LogP contribution in [0.15, 0.2) is 12.3 Å². The Morgan fingerprint density at radius 3 is 2.95 bits per heavy atom. The molecule has 1 aliphatic heterocycles. The van der Waals surface area contributed by atoms with Crippen molar-refractivity contribution in [1.82, 2.24) is 15.3 Å². The fourth-order valence-electron chi connectivity index (χ4n) is 2.23. The third-order valence-corrected chi connectivity index (χ3v) is 3.24. The summed E-state index contributed by atoms with van der Waals surface area (Å²) in [7, 11) is 0. The molecule has 0 bridgehead atoms. The molecule has 7 heteroatoms. The maximum absolute atomic E-state index is 11.8. The van der Waals surface area contributed by atoms with Gasteiger partial charge in [-0.25, -0.2) is 14.8 Å². The minimum absolute atomic E-state index is 0.0242. The number of piperidine rings is 1. The maximum Gasteiger partial charge on any atom is 0.407 e. The summed E-state index contributed by atoms with van der Waals surface area (Å²) >= 11 is 5.89. The lowest BCUT2D eigenvalue weighted by molar-refractivity contribution is 0.0500. The first kappa shape index (κ1) is 15.8. The number of carbonyl (C=O) groups excluding carboxylic acids is 1. The minimum atomic E-state index is -0.492. The van der Waals surface area contributed by atoms with Crippen molar-refractivity contribution < 1.29 is 9.53 Å². The normalized spacial score (nSPS) is 19.2. The van der Waals surface area contributed by atoms with Crippen LogP contribution < -0.4 is 10.2 Å². The molecule has 1 aromatic rings. The summed E-state index contributed by atoms with van der Waals surface area (Å²) in [5.41, 5.74) is -0.492.